The molecule has 0 radical (unpaired) electrons. The number of hydrogen-bond donors (Lipinski definition) is 1. The fourth-order valence-electron chi connectivity index (χ4n) is 2.74. The maximum Gasteiger partial charge on any atom is 0.251 e. The Morgan fingerprint density at radius 1 is 1.00 bits per heavy atom. The molecule has 2 nitrogen and oxygen atoms in total. The molecule has 108 valence electrons. The molecule has 3 heteroatoms. The van der Waals surface area contributed by atoms with E-state index in [1.807, 2.05) is 36.4 Å². The molecule has 21 heavy (non-hydrogen) atoms. The van der Waals surface area contributed by atoms with Crippen molar-refractivity contribution in [1.29, 1.82) is 0 Å². The second-order valence-electron chi connectivity index (χ2n) is 5.47. The molecule has 1 amide bonds. The van der Waals surface area contributed by atoms with Crippen molar-refractivity contribution in [3.05, 3.63) is 70.3 Å². The highest BCUT2D eigenvalue weighted by atomic mass is 35.5. The summed E-state index contributed by atoms with van der Waals surface area (Å²) in [6, 6.07) is 14.0. The van der Waals surface area contributed by atoms with E-state index in [-0.39, 0.29) is 5.91 Å². The van der Waals surface area contributed by atoms with Gasteiger partial charge in [0.25, 0.3) is 5.91 Å². The molecule has 0 aliphatic heterocycles. The van der Waals surface area contributed by atoms with Gasteiger partial charge in [-0.05, 0) is 53.6 Å². The number of carbonyl (C=O) groups is 1. The van der Waals surface area contributed by atoms with Crippen LogP contribution >= 0.6 is 11.6 Å². The Kier molecular flexibility index (Phi) is 4.26. The summed E-state index contributed by atoms with van der Waals surface area (Å²) in [5.74, 6) is 0.507. The summed E-state index contributed by atoms with van der Waals surface area (Å²) < 4.78 is 0. The highest BCUT2D eigenvalue weighted by Crippen LogP contribution is 2.22. The van der Waals surface area contributed by atoms with Gasteiger partial charge in [-0.2, -0.15) is 0 Å². The smallest absolute Gasteiger partial charge is 0.251 e. The van der Waals surface area contributed by atoms with E-state index < -0.39 is 0 Å². The fraction of sp³-hybridized carbons (Fsp3) is 0.278. The van der Waals surface area contributed by atoms with Crippen LogP contribution in [-0.2, 0) is 25.3 Å². The Bertz CT molecular complexity index is 649. The number of halogens is 1. The van der Waals surface area contributed by atoms with Gasteiger partial charge in [-0.15, -0.1) is 11.6 Å². The summed E-state index contributed by atoms with van der Waals surface area (Å²) >= 11 is 5.76. The molecule has 1 N–H and O–H groups in total. The van der Waals surface area contributed by atoms with Crippen molar-refractivity contribution in [3.63, 3.8) is 0 Å². The molecule has 3 rings (SSSR count). The van der Waals surface area contributed by atoms with E-state index in [1.54, 1.807) is 0 Å². The molecule has 0 saturated carbocycles. The van der Waals surface area contributed by atoms with Crippen LogP contribution in [0.4, 0.5) is 0 Å². The fourth-order valence-corrected chi connectivity index (χ4v) is 2.92. The summed E-state index contributed by atoms with van der Waals surface area (Å²) in [7, 11) is 0. The lowest BCUT2D eigenvalue weighted by molar-refractivity contribution is 0.0951. The molecule has 0 aromatic heterocycles. The highest BCUT2D eigenvalue weighted by Gasteiger charge is 2.13. The Balaban J connectivity index is 1.63. The first kappa shape index (κ1) is 14.2. The SMILES string of the molecule is O=C(NCc1ccc(CCl)cc1)c1ccc2c(c1)CCC2. The number of carbonyl (C=O) groups excluding carboxylic acids is 1. The van der Waals surface area contributed by atoms with E-state index in [2.05, 4.69) is 11.4 Å². The van der Waals surface area contributed by atoms with Crippen molar-refractivity contribution >= 4 is 17.5 Å². The first-order valence-corrected chi connectivity index (χ1v) is 7.83. The molecule has 0 bridgehead atoms. The lowest BCUT2D eigenvalue weighted by Gasteiger charge is -2.07. The third-order valence-corrected chi connectivity index (χ3v) is 4.30. The standard InChI is InChI=1S/C18H18ClNO/c19-11-13-4-6-14(7-5-13)12-20-18(21)17-9-8-15-2-1-3-16(15)10-17/h4-10H,1-3,11-12H2,(H,20,21). The molecule has 0 fully saturated rings. The topological polar surface area (TPSA) is 29.1 Å². The molecule has 1 aliphatic rings. The maximum absolute atomic E-state index is 12.2. The van der Waals surface area contributed by atoms with E-state index in [0.29, 0.717) is 12.4 Å². The third kappa shape index (κ3) is 3.27. The highest BCUT2D eigenvalue weighted by molar-refractivity contribution is 6.17. The second-order valence-corrected chi connectivity index (χ2v) is 5.74. The van der Waals surface area contributed by atoms with Crippen molar-refractivity contribution in [1.82, 2.24) is 5.32 Å². The van der Waals surface area contributed by atoms with Crippen LogP contribution in [0.25, 0.3) is 0 Å². The Hall–Kier alpha value is -1.80. The van der Waals surface area contributed by atoms with Crippen molar-refractivity contribution in [3.8, 4) is 0 Å². The molecular weight excluding hydrogens is 282 g/mol. The number of benzene rings is 2. The number of fused-ring (bicyclic) bond motifs is 1. The third-order valence-electron chi connectivity index (χ3n) is 3.99. The summed E-state index contributed by atoms with van der Waals surface area (Å²) in [6.07, 6.45) is 3.44. The van der Waals surface area contributed by atoms with Crippen molar-refractivity contribution in [2.24, 2.45) is 0 Å². The molecule has 2 aromatic rings. The van der Waals surface area contributed by atoms with Crippen molar-refractivity contribution < 1.29 is 4.79 Å². The van der Waals surface area contributed by atoms with Crippen molar-refractivity contribution in [2.75, 3.05) is 0 Å². The zero-order valence-electron chi connectivity index (χ0n) is 11.9. The predicted molar refractivity (Wildman–Crippen MR) is 85.6 cm³/mol. The first-order valence-electron chi connectivity index (χ1n) is 7.30. The normalized spacial score (nSPS) is 13.0. The van der Waals surface area contributed by atoms with Crippen molar-refractivity contribution in [2.45, 2.75) is 31.7 Å². The summed E-state index contributed by atoms with van der Waals surface area (Å²) in [5, 5.41) is 2.97. The van der Waals surface area contributed by atoms with Crippen LogP contribution < -0.4 is 5.32 Å². The largest absolute Gasteiger partial charge is 0.348 e. The molecular formula is C18H18ClNO. The van der Waals surface area contributed by atoms with Gasteiger partial charge in [0, 0.05) is 18.0 Å². The number of aryl methyl sites for hydroxylation is 2. The van der Waals surface area contributed by atoms with E-state index >= 15 is 0 Å². The summed E-state index contributed by atoms with van der Waals surface area (Å²) in [4.78, 5) is 12.2. The van der Waals surface area contributed by atoms with E-state index in [1.165, 1.54) is 17.5 Å². The molecule has 1 aliphatic carbocycles. The zero-order valence-corrected chi connectivity index (χ0v) is 12.6. The summed E-state index contributed by atoms with van der Waals surface area (Å²) in [5.41, 5.74) is 5.65. The van der Waals surface area contributed by atoms with E-state index in [0.717, 1.165) is 29.5 Å². The van der Waals surface area contributed by atoms with Gasteiger partial charge in [-0.25, -0.2) is 0 Å². The molecule has 2 aromatic carbocycles. The van der Waals surface area contributed by atoms with Gasteiger partial charge >= 0.3 is 0 Å². The minimum absolute atomic E-state index is 0.00822. The number of hydrogen-bond acceptors (Lipinski definition) is 1. The van der Waals surface area contributed by atoms with E-state index in [4.69, 9.17) is 11.6 Å². The average molecular weight is 300 g/mol. The van der Waals surface area contributed by atoms with Crippen LogP contribution in [-0.4, -0.2) is 5.91 Å². The van der Waals surface area contributed by atoms with Crippen LogP contribution in [0.3, 0.4) is 0 Å². The second kappa shape index (κ2) is 6.31. The minimum Gasteiger partial charge on any atom is -0.348 e. The maximum atomic E-state index is 12.2. The number of alkyl halides is 1. The zero-order chi connectivity index (χ0) is 14.7. The van der Waals surface area contributed by atoms with Crippen LogP contribution in [0.1, 0.15) is 39.0 Å². The Labute approximate surface area is 130 Å². The Morgan fingerprint density at radius 3 is 2.48 bits per heavy atom. The van der Waals surface area contributed by atoms with Gasteiger partial charge in [0.2, 0.25) is 0 Å². The van der Waals surface area contributed by atoms with E-state index in [9.17, 15) is 4.79 Å². The van der Waals surface area contributed by atoms with Crippen LogP contribution in [0.5, 0.6) is 0 Å². The molecule has 0 spiro atoms. The lowest BCUT2D eigenvalue weighted by atomic mass is 10.1. The van der Waals surface area contributed by atoms with Crippen LogP contribution in [0, 0.1) is 0 Å². The minimum atomic E-state index is -0.00822. The molecule has 0 heterocycles. The molecule has 0 saturated heterocycles. The monoisotopic (exact) mass is 299 g/mol. The lowest BCUT2D eigenvalue weighted by Crippen LogP contribution is -2.22. The van der Waals surface area contributed by atoms with Gasteiger partial charge in [0.15, 0.2) is 0 Å². The quantitative estimate of drug-likeness (QED) is 0.854. The molecule has 0 unspecified atom stereocenters. The first-order chi connectivity index (χ1) is 10.3. The van der Waals surface area contributed by atoms with Gasteiger partial charge in [0.1, 0.15) is 0 Å². The van der Waals surface area contributed by atoms with Crippen LogP contribution in [0.15, 0.2) is 42.5 Å². The van der Waals surface area contributed by atoms with Crippen LogP contribution in [0.2, 0.25) is 0 Å². The average Bonchev–Trinajstić information content (AvgIpc) is 3.00. The Morgan fingerprint density at radius 2 is 1.71 bits per heavy atom. The summed E-state index contributed by atoms with van der Waals surface area (Å²) in [6.45, 7) is 0.540. The van der Waals surface area contributed by atoms with Gasteiger partial charge in [-0.1, -0.05) is 30.3 Å². The van der Waals surface area contributed by atoms with Gasteiger partial charge < -0.3 is 5.32 Å². The van der Waals surface area contributed by atoms with Gasteiger partial charge in [0.05, 0.1) is 0 Å². The predicted octanol–water partition coefficient (Wildman–Crippen LogP) is 3.84. The number of rotatable bonds is 4. The number of amides is 1. The molecule has 0 atom stereocenters. The number of nitrogens with one attached hydrogen (secondary N) is 1. The van der Waals surface area contributed by atoms with Gasteiger partial charge in [-0.3, -0.25) is 4.79 Å².